The third-order valence-corrected chi connectivity index (χ3v) is 11.7. The smallest absolute Gasteiger partial charge is 0.255 e. The van der Waals surface area contributed by atoms with Crippen LogP contribution in [0, 0.1) is 10.8 Å². The summed E-state index contributed by atoms with van der Waals surface area (Å²) < 4.78 is 2.00. The zero-order chi connectivity index (χ0) is 34.9. The van der Waals surface area contributed by atoms with Gasteiger partial charge < -0.3 is 15.1 Å². The maximum atomic E-state index is 13.6. The van der Waals surface area contributed by atoms with Gasteiger partial charge in [-0.2, -0.15) is 5.10 Å². The van der Waals surface area contributed by atoms with E-state index in [-0.39, 0.29) is 46.9 Å². The van der Waals surface area contributed by atoms with Crippen molar-refractivity contribution in [2.75, 3.05) is 13.1 Å². The third-order valence-electron chi connectivity index (χ3n) is 11.7. The van der Waals surface area contributed by atoms with Crippen molar-refractivity contribution in [1.29, 1.82) is 0 Å². The fourth-order valence-electron chi connectivity index (χ4n) is 9.19. The number of fused-ring (bicyclic) bond motifs is 2. The molecule has 3 aliphatic heterocycles. The van der Waals surface area contributed by atoms with Crippen molar-refractivity contribution in [3.05, 3.63) is 77.7 Å². The molecule has 6 aliphatic rings. The predicted molar refractivity (Wildman–Crippen MR) is 183 cm³/mol. The summed E-state index contributed by atoms with van der Waals surface area (Å²) in [6.45, 7) is 2.02. The topological polar surface area (TPSA) is 159 Å². The Morgan fingerprint density at radius 2 is 1.75 bits per heavy atom. The van der Waals surface area contributed by atoms with Crippen molar-refractivity contribution >= 4 is 40.6 Å². The standard InChI is InChI=1S/C38H38N8O5/c47-32-8-7-31(34(49)43-32)45-18-24-13-23(5-6-27(24)35(45)50)15-40-33(48)14-37-20-38(21-37,22-37)36(51)44-11-9-26(10-12-44)46-19-25(16-41-46)30-17-39-28-3-1-2-4-29(28)42-30/h1-6,13,16-17,19,26,31H,7-12,14-15,18,20-22H2,(H,40,48)(H,43,47,49). The average molecular weight is 687 g/mol. The first-order chi connectivity index (χ1) is 24.7. The van der Waals surface area contributed by atoms with Gasteiger partial charge in [0.05, 0.1) is 40.6 Å². The lowest BCUT2D eigenvalue weighted by Crippen LogP contribution is -2.69. The number of nitrogens with zero attached hydrogens (tertiary/aromatic N) is 6. The number of likely N-dealkylation sites (tertiary alicyclic amines) is 1. The number of hydrogen-bond donors (Lipinski definition) is 2. The molecule has 10 rings (SSSR count). The molecular weight excluding hydrogens is 648 g/mol. The molecule has 2 saturated heterocycles. The van der Waals surface area contributed by atoms with Crippen LogP contribution in [0.1, 0.15) is 78.9 Å². The number of carbonyl (C=O) groups is 5. The molecule has 13 heteroatoms. The Kier molecular flexibility index (Phi) is 7.30. The maximum Gasteiger partial charge on any atom is 0.255 e. The van der Waals surface area contributed by atoms with E-state index < -0.39 is 11.9 Å². The van der Waals surface area contributed by atoms with Crippen LogP contribution < -0.4 is 10.6 Å². The van der Waals surface area contributed by atoms with Crippen molar-refractivity contribution in [3.63, 3.8) is 0 Å². The van der Waals surface area contributed by atoms with Gasteiger partial charge in [-0.3, -0.25) is 39.0 Å². The van der Waals surface area contributed by atoms with Crippen molar-refractivity contribution < 1.29 is 24.0 Å². The number of amides is 5. The lowest BCUT2D eigenvalue weighted by molar-refractivity contribution is -0.219. The summed E-state index contributed by atoms with van der Waals surface area (Å²) in [5, 5.41) is 9.99. The van der Waals surface area contributed by atoms with Gasteiger partial charge in [0, 0.05) is 56.3 Å². The van der Waals surface area contributed by atoms with Crippen molar-refractivity contribution in [1.82, 2.24) is 40.2 Å². The summed E-state index contributed by atoms with van der Waals surface area (Å²) in [6.07, 6.45) is 10.5. The molecule has 2 bridgehead atoms. The SMILES string of the molecule is O=C(CC12CC(C(=O)N3CCC(n4cc(-c5cnc6ccccc6n5)cn4)CC3)(C1)C2)NCc1ccc2c(c1)CN(C1CCC(=O)NC1=O)C2=O. The Labute approximate surface area is 293 Å². The highest BCUT2D eigenvalue weighted by molar-refractivity contribution is 6.05. The molecule has 3 aliphatic carbocycles. The van der Waals surface area contributed by atoms with Gasteiger partial charge in [-0.1, -0.05) is 24.3 Å². The monoisotopic (exact) mass is 686 g/mol. The van der Waals surface area contributed by atoms with E-state index in [0.717, 1.165) is 65.5 Å². The Morgan fingerprint density at radius 1 is 0.961 bits per heavy atom. The molecule has 260 valence electrons. The first-order valence-electron chi connectivity index (χ1n) is 17.8. The van der Waals surface area contributed by atoms with Crippen LogP contribution in [0.2, 0.25) is 0 Å². The van der Waals surface area contributed by atoms with Gasteiger partial charge in [0.2, 0.25) is 23.6 Å². The molecule has 3 saturated carbocycles. The van der Waals surface area contributed by atoms with E-state index in [1.807, 2.05) is 58.4 Å². The second kappa shape index (κ2) is 11.8. The third kappa shape index (κ3) is 5.46. The molecule has 5 amide bonds. The molecule has 5 fully saturated rings. The van der Waals surface area contributed by atoms with Crippen LogP contribution in [-0.2, 0) is 32.3 Å². The zero-order valence-electron chi connectivity index (χ0n) is 28.1. The molecule has 1 unspecified atom stereocenters. The highest BCUT2D eigenvalue weighted by Crippen LogP contribution is 2.75. The van der Waals surface area contributed by atoms with Crippen molar-refractivity contribution in [2.24, 2.45) is 10.8 Å². The predicted octanol–water partition coefficient (Wildman–Crippen LogP) is 3.29. The van der Waals surface area contributed by atoms with E-state index >= 15 is 0 Å². The molecule has 4 aromatic rings. The minimum atomic E-state index is -0.658. The molecule has 2 aromatic heterocycles. The van der Waals surface area contributed by atoms with Gasteiger partial charge in [-0.15, -0.1) is 0 Å². The second-order valence-corrected chi connectivity index (χ2v) is 15.1. The molecular formula is C38H38N8O5. The van der Waals surface area contributed by atoms with E-state index in [1.165, 1.54) is 4.90 Å². The number of carbonyl (C=O) groups excluding carboxylic acids is 5. The quantitative estimate of drug-likeness (QED) is 0.267. The van der Waals surface area contributed by atoms with Gasteiger partial charge in [0.15, 0.2) is 0 Å². The van der Waals surface area contributed by atoms with Gasteiger partial charge in [-0.05, 0) is 73.3 Å². The molecule has 5 heterocycles. The number of para-hydroxylation sites is 2. The zero-order valence-corrected chi connectivity index (χ0v) is 28.1. The van der Waals surface area contributed by atoms with Gasteiger partial charge in [0.1, 0.15) is 6.04 Å². The Hall–Kier alpha value is -5.46. The summed E-state index contributed by atoms with van der Waals surface area (Å²) in [7, 11) is 0. The summed E-state index contributed by atoms with van der Waals surface area (Å²) in [5.74, 6) is -0.770. The molecule has 0 radical (unpaired) electrons. The summed E-state index contributed by atoms with van der Waals surface area (Å²) in [5.41, 5.74) is 5.25. The molecule has 2 N–H and O–H groups in total. The lowest BCUT2D eigenvalue weighted by Gasteiger charge is -2.70. The van der Waals surface area contributed by atoms with Gasteiger partial charge >= 0.3 is 0 Å². The number of benzene rings is 2. The minimum Gasteiger partial charge on any atom is -0.352 e. The van der Waals surface area contributed by atoms with Crippen LogP contribution >= 0.6 is 0 Å². The minimum absolute atomic E-state index is 0.0356. The Balaban J connectivity index is 0.735. The molecule has 13 nitrogen and oxygen atoms in total. The van der Waals surface area contributed by atoms with E-state index in [1.54, 1.807) is 12.3 Å². The maximum absolute atomic E-state index is 13.6. The van der Waals surface area contributed by atoms with Crippen LogP contribution in [0.25, 0.3) is 22.3 Å². The fraction of sp³-hybridized carbons (Fsp3) is 0.421. The van der Waals surface area contributed by atoms with Crippen molar-refractivity contribution in [2.45, 2.75) is 76.5 Å². The van der Waals surface area contributed by atoms with Gasteiger partial charge in [0.25, 0.3) is 5.91 Å². The van der Waals surface area contributed by atoms with Gasteiger partial charge in [-0.25, -0.2) is 4.98 Å². The summed E-state index contributed by atoms with van der Waals surface area (Å²) in [4.78, 5) is 76.3. The number of piperidine rings is 2. The second-order valence-electron chi connectivity index (χ2n) is 15.1. The highest BCUT2D eigenvalue weighted by Gasteiger charge is 2.72. The first-order valence-corrected chi connectivity index (χ1v) is 17.8. The molecule has 0 spiro atoms. The van der Waals surface area contributed by atoms with E-state index in [9.17, 15) is 24.0 Å². The fourth-order valence-corrected chi connectivity index (χ4v) is 9.19. The van der Waals surface area contributed by atoms with Crippen LogP contribution in [0.4, 0.5) is 0 Å². The molecule has 2 aromatic carbocycles. The number of rotatable bonds is 8. The number of imide groups is 1. The lowest BCUT2D eigenvalue weighted by atomic mass is 9.34. The van der Waals surface area contributed by atoms with Crippen LogP contribution in [-0.4, -0.2) is 78.2 Å². The average Bonchev–Trinajstić information content (AvgIpc) is 3.73. The first kappa shape index (κ1) is 31.5. The Bertz CT molecular complexity index is 2120. The van der Waals surface area contributed by atoms with E-state index in [0.29, 0.717) is 44.6 Å². The number of aromatic nitrogens is 4. The van der Waals surface area contributed by atoms with E-state index in [4.69, 9.17) is 4.98 Å². The molecule has 51 heavy (non-hydrogen) atoms. The number of nitrogens with one attached hydrogen (secondary N) is 2. The van der Waals surface area contributed by atoms with Crippen molar-refractivity contribution in [3.8, 4) is 11.3 Å². The highest BCUT2D eigenvalue weighted by atomic mass is 16.2. The number of hydrogen-bond acceptors (Lipinski definition) is 8. The molecule has 1 atom stereocenters. The van der Waals surface area contributed by atoms with Crippen LogP contribution in [0.3, 0.4) is 0 Å². The van der Waals surface area contributed by atoms with Crippen LogP contribution in [0.15, 0.2) is 61.1 Å². The Morgan fingerprint density at radius 3 is 2.53 bits per heavy atom. The largest absolute Gasteiger partial charge is 0.352 e. The summed E-state index contributed by atoms with van der Waals surface area (Å²) >= 11 is 0. The van der Waals surface area contributed by atoms with E-state index in [2.05, 4.69) is 20.7 Å². The summed E-state index contributed by atoms with van der Waals surface area (Å²) in [6, 6.07) is 12.8. The normalized spacial score (nSPS) is 25.6. The van der Waals surface area contributed by atoms with Crippen LogP contribution in [0.5, 0.6) is 0 Å².